The molecular weight excluding hydrogens is 823 g/mol. The van der Waals surface area contributed by atoms with Gasteiger partial charge in [-0.3, -0.25) is 39.2 Å². The van der Waals surface area contributed by atoms with Crippen molar-refractivity contribution in [1.82, 2.24) is 20.1 Å². The molecule has 1 aliphatic carbocycles. The summed E-state index contributed by atoms with van der Waals surface area (Å²) in [6.45, 7) is 7.51. The van der Waals surface area contributed by atoms with Crippen molar-refractivity contribution in [3.63, 3.8) is 0 Å². The lowest BCUT2D eigenvalue weighted by molar-refractivity contribution is -0.138. The van der Waals surface area contributed by atoms with Gasteiger partial charge < -0.3 is 20.3 Å². The number of anilines is 4. The molecule has 4 fully saturated rings. The molecule has 7 rings (SSSR count). The van der Waals surface area contributed by atoms with E-state index >= 15 is 0 Å². The molecule has 2 aromatic carbocycles. The Hall–Kier alpha value is -5.35. The normalized spacial score (nSPS) is 20.6. The van der Waals surface area contributed by atoms with Crippen LogP contribution >= 0.6 is 24.6 Å². The molecule has 4 amide bonds. The average Bonchev–Trinajstić information content (AvgIpc) is 3.42. The highest BCUT2D eigenvalue weighted by atomic mass is 35.5. The first kappa shape index (κ1) is 44.2. The number of thiocarbonyl (C=S) groups is 1. The molecule has 1 aromatic heterocycles. The van der Waals surface area contributed by atoms with Crippen LogP contribution < -0.4 is 30.5 Å². The van der Waals surface area contributed by atoms with Gasteiger partial charge in [0.1, 0.15) is 30.0 Å². The van der Waals surface area contributed by atoms with E-state index in [4.69, 9.17) is 17.0 Å². The number of benzene rings is 2. The third kappa shape index (κ3) is 9.04. The second kappa shape index (κ2) is 18.1. The van der Waals surface area contributed by atoms with Crippen molar-refractivity contribution in [2.45, 2.75) is 76.2 Å². The maximum atomic E-state index is 13.9. The van der Waals surface area contributed by atoms with Crippen molar-refractivity contribution in [2.24, 2.45) is 0 Å². The number of carbonyl (C=O) groups excluding carboxylic acids is 4. The lowest BCUT2D eigenvalue weighted by atomic mass is 9.75. The largest absolute Gasteiger partial charge is 0.492 e. The molecule has 60 heavy (non-hydrogen) atoms. The lowest BCUT2D eigenvalue weighted by Gasteiger charge is -2.43. The summed E-state index contributed by atoms with van der Waals surface area (Å²) in [4.78, 5) is 61.6. The molecule has 1 saturated carbocycles. The van der Waals surface area contributed by atoms with Crippen molar-refractivity contribution in [3.05, 3.63) is 71.5 Å². The van der Waals surface area contributed by atoms with Gasteiger partial charge in [-0.25, -0.2) is 4.98 Å². The van der Waals surface area contributed by atoms with E-state index in [0.29, 0.717) is 68.2 Å². The highest BCUT2D eigenvalue weighted by Crippen LogP contribution is 2.49. The Morgan fingerprint density at radius 2 is 1.87 bits per heavy atom. The Morgan fingerprint density at radius 3 is 2.53 bits per heavy atom. The van der Waals surface area contributed by atoms with E-state index in [2.05, 4.69) is 37.7 Å². The smallest absolute Gasteiger partial charge is 0.419 e. The van der Waals surface area contributed by atoms with Crippen LogP contribution in [0.5, 0.6) is 5.75 Å². The zero-order valence-corrected chi connectivity index (χ0v) is 34.6. The number of piperazine rings is 1. The Balaban J connectivity index is 0.00000604. The number of carbonyl (C=O) groups is 4. The number of piperidine rings is 1. The molecule has 0 bridgehead atoms. The zero-order valence-electron chi connectivity index (χ0n) is 33.0. The summed E-state index contributed by atoms with van der Waals surface area (Å²) in [5.74, 6) is -0.549. The van der Waals surface area contributed by atoms with Crippen LogP contribution in [0.2, 0.25) is 0 Å². The third-order valence-electron chi connectivity index (χ3n) is 11.4. The van der Waals surface area contributed by atoms with Gasteiger partial charge in [0.2, 0.25) is 17.7 Å². The molecule has 4 heterocycles. The predicted molar refractivity (Wildman–Crippen MR) is 224 cm³/mol. The van der Waals surface area contributed by atoms with E-state index in [0.717, 1.165) is 42.2 Å². The number of hydrogen-bond acceptors (Lipinski definition) is 11. The number of ether oxygens (including phenoxy) is 1. The Kier molecular flexibility index (Phi) is 13.3. The highest BCUT2D eigenvalue weighted by Gasteiger charge is 2.60. The van der Waals surface area contributed by atoms with Gasteiger partial charge in [-0.05, 0) is 99.3 Å². The number of hydrogen-bond donors (Lipinski definition) is 3. The topological polar surface area (TPSA) is 163 Å². The molecule has 4 aliphatic rings. The summed E-state index contributed by atoms with van der Waals surface area (Å²) in [6.07, 6.45) is -0.783. The standard InChI is InChI=1S/C41H44F3N9O5S.ClH/c1-3-26-18-29(53-39(59)52(38(57)40(53)12-5-13-40)30-20-31(41(42,43)44)33(21-45)46-22-30)8-10-34(26)58-17-16-50-14-15-51(25(2)23-50)24-36(55)48-28-7-4-6-27(19-28)47-32-9-11-35(54)49-37(32)56;/h4,6-8,10,18-20,22,25,32,47H,3,5,9,11-17,23-24H2,1-2H3,(H,48,55)(H,49,54,56);1H/t25-,32?;/m1./s1. The van der Waals surface area contributed by atoms with Gasteiger partial charge in [0.15, 0.2) is 10.8 Å². The molecule has 318 valence electrons. The summed E-state index contributed by atoms with van der Waals surface area (Å²) in [6, 6.07) is 14.5. The summed E-state index contributed by atoms with van der Waals surface area (Å²) in [7, 11) is 0. The first-order chi connectivity index (χ1) is 28.2. The predicted octanol–water partition coefficient (Wildman–Crippen LogP) is 5.26. The molecule has 3 N–H and O–H groups in total. The number of aryl methyl sites for hydroxylation is 1. The van der Waals surface area contributed by atoms with E-state index < -0.39 is 34.9 Å². The quantitative estimate of drug-likeness (QED) is 0.160. The fraction of sp³-hybridized carbons (Fsp3) is 0.439. The number of rotatable bonds is 12. The van der Waals surface area contributed by atoms with Crippen molar-refractivity contribution < 1.29 is 37.1 Å². The van der Waals surface area contributed by atoms with Crippen molar-refractivity contribution in [1.29, 1.82) is 5.26 Å². The number of aromatic nitrogens is 1. The first-order valence-corrected chi connectivity index (χ1v) is 20.0. The van der Waals surface area contributed by atoms with Crippen LogP contribution in [-0.2, 0) is 31.8 Å². The number of nitrogens with one attached hydrogen (secondary N) is 3. The minimum Gasteiger partial charge on any atom is -0.492 e. The van der Waals surface area contributed by atoms with E-state index in [1.54, 1.807) is 29.2 Å². The van der Waals surface area contributed by atoms with Crippen LogP contribution in [0.15, 0.2) is 54.7 Å². The van der Waals surface area contributed by atoms with Crippen LogP contribution in [-0.4, -0.2) is 100 Å². The molecule has 2 atom stereocenters. The van der Waals surface area contributed by atoms with Gasteiger partial charge in [0.25, 0.3) is 5.91 Å². The van der Waals surface area contributed by atoms with E-state index in [-0.39, 0.29) is 59.9 Å². The monoisotopic (exact) mass is 867 g/mol. The fourth-order valence-corrected chi connectivity index (χ4v) is 8.58. The van der Waals surface area contributed by atoms with Gasteiger partial charge >= 0.3 is 6.18 Å². The van der Waals surface area contributed by atoms with E-state index in [1.165, 1.54) is 6.07 Å². The second-order valence-electron chi connectivity index (χ2n) is 15.2. The van der Waals surface area contributed by atoms with Crippen molar-refractivity contribution in [3.8, 4) is 11.8 Å². The molecule has 3 aliphatic heterocycles. The van der Waals surface area contributed by atoms with Crippen LogP contribution in [0.25, 0.3) is 0 Å². The Bertz CT molecular complexity index is 2220. The van der Waals surface area contributed by atoms with Gasteiger partial charge in [-0.1, -0.05) is 13.0 Å². The molecule has 0 radical (unpaired) electrons. The molecule has 3 aromatic rings. The van der Waals surface area contributed by atoms with Gasteiger partial charge in [0, 0.05) is 55.7 Å². The lowest BCUT2D eigenvalue weighted by Crippen LogP contribution is -2.55. The van der Waals surface area contributed by atoms with Gasteiger partial charge in [-0.15, -0.1) is 12.4 Å². The maximum Gasteiger partial charge on any atom is 0.419 e. The van der Waals surface area contributed by atoms with Crippen LogP contribution in [0.4, 0.5) is 35.9 Å². The molecule has 1 unspecified atom stereocenters. The third-order valence-corrected chi connectivity index (χ3v) is 11.8. The number of pyridine rings is 1. The van der Waals surface area contributed by atoms with Gasteiger partial charge in [0.05, 0.1) is 24.0 Å². The average molecular weight is 868 g/mol. The molecular formula is C41H45ClF3N9O5S. The summed E-state index contributed by atoms with van der Waals surface area (Å²) in [5.41, 5.74) is -0.402. The summed E-state index contributed by atoms with van der Waals surface area (Å²) in [5, 5.41) is 17.7. The summed E-state index contributed by atoms with van der Waals surface area (Å²) >= 11 is 5.78. The van der Waals surface area contributed by atoms with Crippen molar-refractivity contribution in [2.75, 3.05) is 59.8 Å². The number of nitrogens with zero attached hydrogens (tertiary/aromatic N) is 6. The number of imide groups is 1. The Morgan fingerprint density at radius 1 is 1.10 bits per heavy atom. The fourth-order valence-electron chi connectivity index (χ4n) is 8.11. The number of nitriles is 1. The SMILES string of the molecule is CCc1cc(N2C(=S)N(c3cnc(C#N)c(C(F)(F)F)c3)C(=O)C23CCC3)ccc1OCCN1CCN(CC(=O)Nc2cccc(NC3CCC(=O)NC3=O)c2)[C@H](C)C1.Cl. The maximum absolute atomic E-state index is 13.9. The Labute approximate surface area is 356 Å². The molecule has 3 saturated heterocycles. The zero-order chi connectivity index (χ0) is 42.1. The minimum absolute atomic E-state index is 0. The van der Waals surface area contributed by atoms with E-state index in [9.17, 15) is 37.6 Å². The molecule has 19 heteroatoms. The van der Waals surface area contributed by atoms with Crippen LogP contribution in [0.3, 0.4) is 0 Å². The van der Waals surface area contributed by atoms with Crippen LogP contribution in [0.1, 0.15) is 62.8 Å². The number of amides is 4. The second-order valence-corrected chi connectivity index (χ2v) is 15.6. The van der Waals surface area contributed by atoms with Crippen molar-refractivity contribution >= 4 is 76.1 Å². The minimum atomic E-state index is -4.85. The first-order valence-electron chi connectivity index (χ1n) is 19.6. The molecule has 1 spiro atoms. The van der Waals surface area contributed by atoms with Gasteiger partial charge in [-0.2, -0.15) is 18.4 Å². The highest BCUT2D eigenvalue weighted by molar-refractivity contribution is 7.81. The molecule has 14 nitrogen and oxygen atoms in total. The number of alkyl halides is 3. The number of halogens is 4. The van der Waals surface area contributed by atoms with E-state index in [1.807, 2.05) is 25.1 Å². The van der Waals surface area contributed by atoms with Crippen LogP contribution in [0, 0.1) is 11.3 Å². The summed E-state index contributed by atoms with van der Waals surface area (Å²) < 4.78 is 47.7.